The average molecular weight is 561 g/mol. The van der Waals surface area contributed by atoms with E-state index in [-0.39, 0.29) is 22.7 Å². The lowest BCUT2D eigenvalue weighted by atomic mass is 10.2. The third-order valence-corrected chi connectivity index (χ3v) is 6.29. The summed E-state index contributed by atoms with van der Waals surface area (Å²) in [5, 5.41) is 33.5. The number of aromatic hydroxyl groups is 1. The molecule has 1 heterocycles. The number of nitrogens with one attached hydrogen (secondary N) is 1. The highest BCUT2D eigenvalue weighted by Gasteiger charge is 2.21. The molecule has 1 amide bonds. The van der Waals surface area contributed by atoms with Crippen LogP contribution in [0.3, 0.4) is 0 Å². The van der Waals surface area contributed by atoms with Gasteiger partial charge in [0.05, 0.1) is 29.6 Å². The smallest absolute Gasteiger partial charge is 0.274 e. The van der Waals surface area contributed by atoms with E-state index in [4.69, 9.17) is 4.74 Å². The molecule has 2 aromatic carbocycles. The molecule has 0 saturated carbocycles. The van der Waals surface area contributed by atoms with Crippen molar-refractivity contribution in [1.29, 1.82) is 0 Å². The fraction of sp³-hybridized carbons (Fsp3) is 0.182. The summed E-state index contributed by atoms with van der Waals surface area (Å²) >= 11 is 4.59. The lowest BCUT2D eigenvalue weighted by Crippen LogP contribution is -2.27. The Morgan fingerprint density at radius 1 is 1.40 bits per heavy atom. The number of nitro groups is 1. The van der Waals surface area contributed by atoms with Crippen LogP contribution in [0.25, 0.3) is 11.4 Å². The SMILES string of the molecule is C=CCn1c(S[C@H](C)C(=O)N/N=C\c2cc([N+](=O)[O-])cc(OC)c2O)nnc1-c1ccc(Br)cc1. The molecule has 182 valence electrons. The first-order valence-corrected chi connectivity index (χ1v) is 11.8. The molecule has 11 nitrogen and oxygen atoms in total. The number of rotatable bonds is 10. The summed E-state index contributed by atoms with van der Waals surface area (Å²) in [5.74, 6) is -0.224. The number of hydrogen-bond donors (Lipinski definition) is 2. The number of halogens is 1. The number of aromatic nitrogens is 3. The molecule has 0 saturated heterocycles. The molecule has 2 N–H and O–H groups in total. The van der Waals surface area contributed by atoms with Crippen molar-refractivity contribution in [3.63, 3.8) is 0 Å². The number of non-ortho nitro benzene ring substituents is 1. The number of amides is 1. The van der Waals surface area contributed by atoms with Gasteiger partial charge in [0.25, 0.3) is 11.6 Å². The second-order valence-corrected chi connectivity index (χ2v) is 9.27. The van der Waals surface area contributed by atoms with Gasteiger partial charge in [-0.15, -0.1) is 16.8 Å². The minimum absolute atomic E-state index is 0.0153. The van der Waals surface area contributed by atoms with E-state index >= 15 is 0 Å². The summed E-state index contributed by atoms with van der Waals surface area (Å²) in [6, 6.07) is 9.82. The summed E-state index contributed by atoms with van der Waals surface area (Å²) in [6.45, 7) is 5.90. The highest BCUT2D eigenvalue weighted by atomic mass is 79.9. The molecule has 3 aromatic rings. The van der Waals surface area contributed by atoms with Gasteiger partial charge in [0.2, 0.25) is 0 Å². The first-order chi connectivity index (χ1) is 16.7. The van der Waals surface area contributed by atoms with Crippen molar-refractivity contribution in [3.8, 4) is 22.9 Å². The Morgan fingerprint density at radius 3 is 2.74 bits per heavy atom. The fourth-order valence-corrected chi connectivity index (χ4v) is 4.04. The Balaban J connectivity index is 1.73. The van der Waals surface area contributed by atoms with Crippen LogP contribution in [0.15, 0.2) is 63.8 Å². The molecule has 0 aliphatic carbocycles. The van der Waals surface area contributed by atoms with Gasteiger partial charge in [-0.1, -0.05) is 45.9 Å². The zero-order chi connectivity index (χ0) is 25.5. The molecule has 0 aliphatic rings. The van der Waals surface area contributed by atoms with Gasteiger partial charge < -0.3 is 9.84 Å². The molecule has 0 spiro atoms. The number of hydrazone groups is 1. The largest absolute Gasteiger partial charge is 0.504 e. The maximum Gasteiger partial charge on any atom is 0.274 e. The number of nitrogens with zero attached hydrogens (tertiary/aromatic N) is 5. The zero-order valence-electron chi connectivity index (χ0n) is 18.7. The first kappa shape index (κ1) is 25.9. The van der Waals surface area contributed by atoms with E-state index in [1.807, 2.05) is 28.8 Å². The van der Waals surface area contributed by atoms with E-state index in [1.165, 1.54) is 18.9 Å². The lowest BCUT2D eigenvalue weighted by molar-refractivity contribution is -0.385. The number of ether oxygens (including phenoxy) is 1. The predicted molar refractivity (Wildman–Crippen MR) is 136 cm³/mol. The molecule has 0 unspecified atom stereocenters. The molecule has 3 rings (SSSR count). The first-order valence-electron chi connectivity index (χ1n) is 10.1. The quantitative estimate of drug-likeness (QED) is 0.124. The van der Waals surface area contributed by atoms with Crippen LogP contribution < -0.4 is 10.2 Å². The van der Waals surface area contributed by atoms with Gasteiger partial charge in [0, 0.05) is 28.2 Å². The Morgan fingerprint density at radius 2 is 2.11 bits per heavy atom. The molecule has 0 aliphatic heterocycles. The van der Waals surface area contributed by atoms with Gasteiger partial charge in [-0.3, -0.25) is 19.5 Å². The number of phenols is 1. The maximum absolute atomic E-state index is 12.6. The number of nitro benzene ring substituents is 1. The highest BCUT2D eigenvalue weighted by Crippen LogP contribution is 2.33. The van der Waals surface area contributed by atoms with Crippen LogP contribution in [0.5, 0.6) is 11.5 Å². The average Bonchev–Trinajstić information content (AvgIpc) is 3.22. The second-order valence-electron chi connectivity index (χ2n) is 7.05. The summed E-state index contributed by atoms with van der Waals surface area (Å²) < 4.78 is 7.73. The zero-order valence-corrected chi connectivity index (χ0v) is 21.1. The van der Waals surface area contributed by atoms with Crippen molar-refractivity contribution in [3.05, 3.63) is 69.2 Å². The van der Waals surface area contributed by atoms with Gasteiger partial charge in [0.1, 0.15) is 0 Å². The molecule has 0 bridgehead atoms. The van der Waals surface area contributed by atoms with Crippen LogP contribution in [0.1, 0.15) is 12.5 Å². The minimum atomic E-state index is -0.626. The summed E-state index contributed by atoms with van der Waals surface area (Å²) in [4.78, 5) is 23.0. The number of allylic oxidation sites excluding steroid dienone is 1. The van der Waals surface area contributed by atoms with E-state index in [9.17, 15) is 20.0 Å². The topological polar surface area (TPSA) is 145 Å². The molecule has 1 aromatic heterocycles. The van der Waals surface area contributed by atoms with E-state index in [2.05, 4.69) is 43.2 Å². The standard InChI is InChI=1S/C22H21BrN6O5S/c1-4-9-28-20(14-5-7-16(23)8-6-14)25-27-22(28)35-13(2)21(31)26-24-12-15-10-17(29(32)33)11-18(34-3)19(15)30/h4-8,10-13,30H,1,9H2,2-3H3,(H,26,31)/b24-12-/t13-/m1/s1. The number of phenolic OH excluding ortho intramolecular Hbond substituents is 1. The van der Waals surface area contributed by atoms with E-state index < -0.39 is 16.1 Å². The minimum Gasteiger partial charge on any atom is -0.504 e. The summed E-state index contributed by atoms with van der Waals surface area (Å²) in [7, 11) is 1.27. The molecule has 35 heavy (non-hydrogen) atoms. The predicted octanol–water partition coefficient (Wildman–Crippen LogP) is 4.15. The monoisotopic (exact) mass is 560 g/mol. The van der Waals surface area contributed by atoms with Crippen molar-refractivity contribution in [2.75, 3.05) is 7.11 Å². The molecule has 1 atom stereocenters. The number of thioether (sulfide) groups is 1. The van der Waals surface area contributed by atoms with Crippen molar-refractivity contribution in [1.82, 2.24) is 20.2 Å². The van der Waals surface area contributed by atoms with E-state index in [0.29, 0.717) is 17.5 Å². The fourth-order valence-electron chi connectivity index (χ4n) is 2.92. The molecular weight excluding hydrogens is 540 g/mol. The van der Waals surface area contributed by atoms with Crippen molar-refractivity contribution >= 4 is 45.5 Å². The van der Waals surface area contributed by atoms with Crippen LogP contribution in [0, 0.1) is 10.1 Å². The van der Waals surface area contributed by atoms with Crippen molar-refractivity contribution < 1.29 is 19.6 Å². The van der Waals surface area contributed by atoms with Gasteiger partial charge >= 0.3 is 0 Å². The summed E-state index contributed by atoms with van der Waals surface area (Å²) in [5.41, 5.74) is 2.95. The number of methoxy groups -OCH3 is 1. The van der Waals surface area contributed by atoms with Crippen LogP contribution in [-0.2, 0) is 11.3 Å². The highest BCUT2D eigenvalue weighted by molar-refractivity contribution is 9.10. The van der Waals surface area contributed by atoms with Crippen LogP contribution >= 0.6 is 27.7 Å². The molecular formula is C22H21BrN6O5S. The number of carbonyl (C=O) groups excluding carboxylic acids is 1. The number of carbonyl (C=O) groups is 1. The normalized spacial score (nSPS) is 11.9. The third kappa shape index (κ3) is 6.25. The molecule has 13 heteroatoms. The molecule has 0 fully saturated rings. The number of hydrogen-bond acceptors (Lipinski definition) is 9. The number of benzene rings is 2. The van der Waals surface area contributed by atoms with Gasteiger partial charge in [-0.25, -0.2) is 5.43 Å². The maximum atomic E-state index is 12.6. The van der Waals surface area contributed by atoms with E-state index in [1.54, 1.807) is 13.0 Å². The van der Waals surface area contributed by atoms with Gasteiger partial charge in [0.15, 0.2) is 22.5 Å². The van der Waals surface area contributed by atoms with Crippen LogP contribution in [-0.4, -0.2) is 49.3 Å². The Kier molecular flexibility index (Phi) is 8.60. The van der Waals surface area contributed by atoms with Gasteiger partial charge in [-0.05, 0) is 19.1 Å². The molecule has 0 radical (unpaired) electrons. The Bertz CT molecular complexity index is 1280. The van der Waals surface area contributed by atoms with Gasteiger partial charge in [-0.2, -0.15) is 5.10 Å². The Hall–Kier alpha value is -3.71. The lowest BCUT2D eigenvalue weighted by Gasteiger charge is -2.11. The third-order valence-electron chi connectivity index (χ3n) is 4.68. The van der Waals surface area contributed by atoms with Crippen molar-refractivity contribution in [2.24, 2.45) is 5.10 Å². The Labute approximate surface area is 213 Å². The van der Waals surface area contributed by atoms with E-state index in [0.717, 1.165) is 28.4 Å². The van der Waals surface area contributed by atoms with Crippen LogP contribution in [0.2, 0.25) is 0 Å². The van der Waals surface area contributed by atoms with Crippen LogP contribution in [0.4, 0.5) is 5.69 Å². The van der Waals surface area contributed by atoms with Crippen molar-refractivity contribution in [2.45, 2.75) is 23.9 Å². The second kappa shape index (κ2) is 11.6. The summed E-state index contributed by atoms with van der Waals surface area (Å²) in [6.07, 6.45) is 2.82.